The minimum Gasteiger partial charge on any atom is -0.298 e. The summed E-state index contributed by atoms with van der Waals surface area (Å²) >= 11 is 3.53. The second kappa shape index (κ2) is 2.69. The molecular weight excluding hydrogens is 240 g/mol. The molecule has 0 saturated heterocycles. The first-order valence-corrected chi connectivity index (χ1v) is 5.84. The molecular formula is C12H11BrO. The van der Waals surface area contributed by atoms with Crippen LogP contribution in [0.25, 0.3) is 0 Å². The van der Waals surface area contributed by atoms with E-state index in [1.165, 1.54) is 17.5 Å². The van der Waals surface area contributed by atoms with Crippen molar-refractivity contribution in [3.05, 3.63) is 33.8 Å². The average Bonchev–Trinajstić information content (AvgIpc) is 2.38. The summed E-state index contributed by atoms with van der Waals surface area (Å²) in [7, 11) is 0. The fourth-order valence-electron chi connectivity index (χ4n) is 2.75. The van der Waals surface area contributed by atoms with Crippen molar-refractivity contribution in [2.45, 2.75) is 31.1 Å². The molecule has 0 heterocycles. The van der Waals surface area contributed by atoms with E-state index in [9.17, 15) is 4.79 Å². The maximum Gasteiger partial charge on any atom is 0.147 e. The van der Waals surface area contributed by atoms with E-state index < -0.39 is 0 Å². The third-order valence-electron chi connectivity index (χ3n) is 3.71. The van der Waals surface area contributed by atoms with Gasteiger partial charge in [0.15, 0.2) is 0 Å². The molecule has 0 bridgehead atoms. The van der Waals surface area contributed by atoms with E-state index in [4.69, 9.17) is 0 Å². The summed E-state index contributed by atoms with van der Waals surface area (Å²) in [6.45, 7) is 0. The fraction of sp³-hybridized carbons (Fsp3) is 0.417. The molecule has 1 spiro atoms. The average molecular weight is 251 g/mol. The number of carbonyl (C=O) groups is 1. The molecule has 14 heavy (non-hydrogen) atoms. The standard InChI is InChI=1S/C12H11BrO/c13-10-4-1-3-9-8(10)7-11(14)12(9)5-2-6-12/h1,3-4H,2,5-7H2. The smallest absolute Gasteiger partial charge is 0.147 e. The second-order valence-corrected chi connectivity index (χ2v) is 5.16. The number of fused-ring (bicyclic) bond motifs is 2. The van der Waals surface area contributed by atoms with Crippen molar-refractivity contribution >= 4 is 21.7 Å². The highest BCUT2D eigenvalue weighted by Gasteiger charge is 2.50. The van der Waals surface area contributed by atoms with Gasteiger partial charge in [0, 0.05) is 10.9 Å². The number of halogens is 1. The molecule has 1 saturated carbocycles. The fourth-order valence-corrected chi connectivity index (χ4v) is 3.25. The van der Waals surface area contributed by atoms with Crippen LogP contribution in [0.2, 0.25) is 0 Å². The highest BCUT2D eigenvalue weighted by atomic mass is 79.9. The third kappa shape index (κ3) is 0.876. The molecule has 0 radical (unpaired) electrons. The number of rotatable bonds is 0. The Balaban J connectivity index is 2.22. The van der Waals surface area contributed by atoms with Crippen LogP contribution in [-0.2, 0) is 16.6 Å². The molecule has 0 unspecified atom stereocenters. The van der Waals surface area contributed by atoms with Crippen LogP contribution in [0.1, 0.15) is 30.4 Å². The van der Waals surface area contributed by atoms with E-state index in [-0.39, 0.29) is 5.41 Å². The molecule has 1 fully saturated rings. The Morgan fingerprint density at radius 2 is 2.07 bits per heavy atom. The van der Waals surface area contributed by atoms with Gasteiger partial charge >= 0.3 is 0 Å². The molecule has 1 aromatic rings. The Kier molecular flexibility index (Phi) is 1.67. The summed E-state index contributed by atoms with van der Waals surface area (Å²) in [6.07, 6.45) is 3.97. The van der Waals surface area contributed by atoms with Crippen molar-refractivity contribution < 1.29 is 4.79 Å². The van der Waals surface area contributed by atoms with Gasteiger partial charge in [0.25, 0.3) is 0 Å². The predicted molar refractivity (Wildman–Crippen MR) is 58.4 cm³/mol. The first-order chi connectivity index (χ1) is 6.74. The lowest BCUT2D eigenvalue weighted by atomic mass is 9.64. The lowest BCUT2D eigenvalue weighted by Crippen LogP contribution is -2.39. The van der Waals surface area contributed by atoms with Crippen molar-refractivity contribution in [3.63, 3.8) is 0 Å². The van der Waals surface area contributed by atoms with E-state index in [1.807, 2.05) is 12.1 Å². The van der Waals surface area contributed by atoms with Crippen LogP contribution in [-0.4, -0.2) is 5.78 Å². The largest absolute Gasteiger partial charge is 0.298 e. The Hall–Kier alpha value is -0.630. The normalized spacial score (nSPS) is 22.2. The zero-order chi connectivity index (χ0) is 9.76. The van der Waals surface area contributed by atoms with Gasteiger partial charge in [0.2, 0.25) is 0 Å². The van der Waals surface area contributed by atoms with Crippen molar-refractivity contribution in [1.82, 2.24) is 0 Å². The van der Waals surface area contributed by atoms with Gasteiger partial charge in [-0.1, -0.05) is 34.5 Å². The summed E-state index contributed by atoms with van der Waals surface area (Å²) < 4.78 is 1.10. The van der Waals surface area contributed by atoms with E-state index >= 15 is 0 Å². The maximum absolute atomic E-state index is 12.0. The highest BCUT2D eigenvalue weighted by molar-refractivity contribution is 9.10. The Bertz CT molecular complexity index is 418. The summed E-state index contributed by atoms with van der Waals surface area (Å²) in [4.78, 5) is 12.0. The van der Waals surface area contributed by atoms with Gasteiger partial charge in [0.1, 0.15) is 5.78 Å². The monoisotopic (exact) mass is 250 g/mol. The summed E-state index contributed by atoms with van der Waals surface area (Å²) in [5, 5.41) is 0. The van der Waals surface area contributed by atoms with Gasteiger partial charge in [0.05, 0.1) is 5.41 Å². The van der Waals surface area contributed by atoms with E-state index in [1.54, 1.807) is 0 Å². The first kappa shape index (κ1) is 8.66. The van der Waals surface area contributed by atoms with Crippen LogP contribution in [0, 0.1) is 0 Å². The predicted octanol–water partition coefficient (Wildman–Crippen LogP) is 3.00. The second-order valence-electron chi connectivity index (χ2n) is 4.30. The molecule has 0 atom stereocenters. The molecule has 0 N–H and O–H groups in total. The van der Waals surface area contributed by atoms with Gasteiger partial charge in [-0.3, -0.25) is 4.79 Å². The maximum atomic E-state index is 12.0. The Morgan fingerprint density at radius 3 is 2.71 bits per heavy atom. The number of carbonyl (C=O) groups excluding carboxylic acids is 1. The van der Waals surface area contributed by atoms with E-state index in [2.05, 4.69) is 22.0 Å². The first-order valence-electron chi connectivity index (χ1n) is 5.05. The van der Waals surface area contributed by atoms with Gasteiger partial charge in [-0.25, -0.2) is 0 Å². The van der Waals surface area contributed by atoms with Gasteiger partial charge in [-0.15, -0.1) is 0 Å². The Morgan fingerprint density at radius 1 is 1.29 bits per heavy atom. The summed E-state index contributed by atoms with van der Waals surface area (Å²) in [5.74, 6) is 0.436. The molecule has 1 aromatic carbocycles. The summed E-state index contributed by atoms with van der Waals surface area (Å²) in [6, 6.07) is 6.20. The zero-order valence-electron chi connectivity index (χ0n) is 7.85. The highest BCUT2D eigenvalue weighted by Crippen LogP contribution is 2.51. The molecule has 3 rings (SSSR count). The number of ketones is 1. The van der Waals surface area contributed by atoms with Crippen molar-refractivity contribution in [2.24, 2.45) is 0 Å². The van der Waals surface area contributed by atoms with Gasteiger partial charge < -0.3 is 0 Å². The molecule has 72 valence electrons. The number of benzene rings is 1. The van der Waals surface area contributed by atoms with Crippen LogP contribution in [0.15, 0.2) is 22.7 Å². The molecule has 0 aromatic heterocycles. The summed E-state index contributed by atoms with van der Waals surface area (Å²) in [5.41, 5.74) is 2.46. The zero-order valence-corrected chi connectivity index (χ0v) is 9.43. The molecule has 1 nitrogen and oxygen atoms in total. The molecule has 2 aliphatic carbocycles. The number of hydrogen-bond donors (Lipinski definition) is 0. The molecule has 0 aliphatic heterocycles. The topological polar surface area (TPSA) is 17.1 Å². The van der Waals surface area contributed by atoms with Gasteiger partial charge in [-0.2, -0.15) is 0 Å². The van der Waals surface area contributed by atoms with Crippen molar-refractivity contribution in [3.8, 4) is 0 Å². The van der Waals surface area contributed by atoms with Crippen LogP contribution < -0.4 is 0 Å². The van der Waals surface area contributed by atoms with E-state index in [0.29, 0.717) is 12.2 Å². The minimum absolute atomic E-state index is 0.0703. The van der Waals surface area contributed by atoms with Crippen LogP contribution in [0.4, 0.5) is 0 Å². The lowest BCUT2D eigenvalue weighted by molar-refractivity contribution is -0.125. The Labute approximate surface area is 91.6 Å². The van der Waals surface area contributed by atoms with Crippen molar-refractivity contribution in [1.29, 1.82) is 0 Å². The lowest BCUT2D eigenvalue weighted by Gasteiger charge is -2.37. The van der Waals surface area contributed by atoms with Crippen LogP contribution in [0.3, 0.4) is 0 Å². The number of hydrogen-bond acceptors (Lipinski definition) is 1. The van der Waals surface area contributed by atoms with Crippen LogP contribution in [0.5, 0.6) is 0 Å². The van der Waals surface area contributed by atoms with Crippen molar-refractivity contribution in [2.75, 3.05) is 0 Å². The molecule has 0 amide bonds. The van der Waals surface area contributed by atoms with Gasteiger partial charge in [-0.05, 0) is 30.0 Å². The third-order valence-corrected chi connectivity index (χ3v) is 4.46. The van der Waals surface area contributed by atoms with E-state index in [0.717, 1.165) is 17.3 Å². The van der Waals surface area contributed by atoms with Crippen LogP contribution >= 0.6 is 15.9 Å². The SMILES string of the molecule is O=C1Cc2c(Br)cccc2C12CCC2. The minimum atomic E-state index is -0.0703. The quantitative estimate of drug-likeness (QED) is 0.692. The molecule has 2 heteroatoms. The molecule has 2 aliphatic rings. The number of Topliss-reactive ketones (excluding diaryl/α,β-unsaturated/α-hetero) is 1.